The highest BCUT2D eigenvalue weighted by molar-refractivity contribution is 5.78. The van der Waals surface area contributed by atoms with Crippen molar-refractivity contribution in [3.05, 3.63) is 35.4 Å². The maximum absolute atomic E-state index is 11.9. The van der Waals surface area contributed by atoms with Gasteiger partial charge >= 0.3 is 0 Å². The normalized spacial score (nSPS) is 10.7. The Balaban J connectivity index is 2.45. The van der Waals surface area contributed by atoms with Crippen molar-refractivity contribution in [1.29, 1.82) is 0 Å². The first-order chi connectivity index (χ1) is 8.56. The van der Waals surface area contributed by atoms with Gasteiger partial charge in [-0.05, 0) is 37.8 Å². The van der Waals surface area contributed by atoms with Crippen LogP contribution < -0.4 is 0 Å². The molecule has 0 atom stereocenters. The Hall–Kier alpha value is -1.31. The summed E-state index contributed by atoms with van der Waals surface area (Å²) in [5, 5.41) is 0. The van der Waals surface area contributed by atoms with Gasteiger partial charge in [-0.2, -0.15) is 0 Å². The molecule has 1 amide bonds. The summed E-state index contributed by atoms with van der Waals surface area (Å²) in [5.41, 5.74) is 2.74. The van der Waals surface area contributed by atoms with Crippen LogP contribution in [0.2, 0.25) is 0 Å². The van der Waals surface area contributed by atoms with E-state index < -0.39 is 0 Å². The molecule has 1 rings (SSSR count). The third-order valence-corrected chi connectivity index (χ3v) is 3.32. The van der Waals surface area contributed by atoms with Gasteiger partial charge < -0.3 is 4.90 Å². The van der Waals surface area contributed by atoms with Crippen LogP contribution in [-0.2, 0) is 11.2 Å². The maximum atomic E-state index is 11.9. The minimum atomic E-state index is 0.100. The van der Waals surface area contributed by atoms with Crippen molar-refractivity contribution in [2.75, 3.05) is 13.1 Å². The summed E-state index contributed by atoms with van der Waals surface area (Å²) in [7, 11) is 0. The van der Waals surface area contributed by atoms with Gasteiger partial charge in [0, 0.05) is 19.0 Å². The first-order valence-electron chi connectivity index (χ1n) is 6.89. The van der Waals surface area contributed by atoms with E-state index in [1.807, 2.05) is 25.7 Å². The van der Waals surface area contributed by atoms with Gasteiger partial charge in [-0.25, -0.2) is 0 Å². The molecule has 0 saturated heterocycles. The van der Waals surface area contributed by atoms with Crippen LogP contribution in [0.25, 0.3) is 0 Å². The van der Waals surface area contributed by atoms with Gasteiger partial charge in [-0.3, -0.25) is 4.79 Å². The Morgan fingerprint density at radius 1 is 1.28 bits per heavy atom. The third kappa shape index (κ3) is 4.17. The summed E-state index contributed by atoms with van der Waals surface area (Å²) in [4.78, 5) is 13.9. The van der Waals surface area contributed by atoms with E-state index in [-0.39, 0.29) is 11.8 Å². The molecular formula is C16H25NO. The zero-order chi connectivity index (χ0) is 13.5. The zero-order valence-corrected chi connectivity index (χ0v) is 12.1. The Kier molecular flexibility index (Phi) is 5.90. The molecule has 0 saturated carbocycles. The van der Waals surface area contributed by atoms with Crippen LogP contribution >= 0.6 is 0 Å². The summed E-state index contributed by atoms with van der Waals surface area (Å²) in [6, 6.07) is 8.47. The van der Waals surface area contributed by atoms with Crippen molar-refractivity contribution in [2.45, 2.75) is 40.5 Å². The number of hydrogen-bond donors (Lipinski definition) is 0. The number of benzene rings is 1. The van der Waals surface area contributed by atoms with Crippen molar-refractivity contribution >= 4 is 5.91 Å². The van der Waals surface area contributed by atoms with Gasteiger partial charge in [0.05, 0.1) is 0 Å². The number of aryl methyl sites for hydroxylation is 2. The van der Waals surface area contributed by atoms with Crippen LogP contribution in [0.1, 0.15) is 38.3 Å². The molecule has 1 aromatic rings. The van der Waals surface area contributed by atoms with Crippen molar-refractivity contribution < 1.29 is 4.79 Å². The molecular weight excluding hydrogens is 222 g/mol. The van der Waals surface area contributed by atoms with Gasteiger partial charge in [0.25, 0.3) is 0 Å². The highest BCUT2D eigenvalue weighted by Crippen LogP contribution is 2.10. The van der Waals surface area contributed by atoms with Crippen LogP contribution in [0.3, 0.4) is 0 Å². The number of amides is 1. The van der Waals surface area contributed by atoms with E-state index in [9.17, 15) is 4.79 Å². The Bertz CT molecular complexity index is 384. The summed E-state index contributed by atoms with van der Waals surface area (Å²) < 4.78 is 0. The standard InChI is InChI=1S/C16H25NO/c1-5-17(16(18)13(2)3)12-8-11-15-10-7-6-9-14(15)4/h6-7,9-10,13H,5,8,11-12H2,1-4H3. The predicted octanol–water partition coefficient (Wildman–Crippen LogP) is 3.43. The van der Waals surface area contributed by atoms with Crippen LogP contribution in [0.4, 0.5) is 0 Å². The molecule has 100 valence electrons. The molecule has 0 spiro atoms. The largest absolute Gasteiger partial charge is 0.343 e. The molecule has 0 radical (unpaired) electrons. The number of nitrogens with zero attached hydrogens (tertiary/aromatic N) is 1. The van der Waals surface area contributed by atoms with Crippen LogP contribution in [0.5, 0.6) is 0 Å². The SMILES string of the molecule is CCN(CCCc1ccccc1C)C(=O)C(C)C. The van der Waals surface area contributed by atoms with Crippen LogP contribution in [0.15, 0.2) is 24.3 Å². The molecule has 0 fully saturated rings. The first kappa shape index (κ1) is 14.7. The maximum Gasteiger partial charge on any atom is 0.225 e. The molecule has 0 aliphatic rings. The second-order valence-corrected chi connectivity index (χ2v) is 5.10. The predicted molar refractivity (Wildman–Crippen MR) is 76.6 cm³/mol. The van der Waals surface area contributed by atoms with E-state index in [0.29, 0.717) is 0 Å². The van der Waals surface area contributed by atoms with Crippen molar-refractivity contribution in [3.8, 4) is 0 Å². The topological polar surface area (TPSA) is 20.3 Å². The molecule has 0 heterocycles. The molecule has 0 aliphatic heterocycles. The van der Waals surface area contributed by atoms with Gasteiger partial charge in [0.1, 0.15) is 0 Å². The molecule has 0 aliphatic carbocycles. The van der Waals surface area contributed by atoms with Gasteiger partial charge in [-0.1, -0.05) is 38.1 Å². The van der Waals surface area contributed by atoms with Gasteiger partial charge in [0.15, 0.2) is 0 Å². The van der Waals surface area contributed by atoms with E-state index in [1.165, 1.54) is 11.1 Å². The van der Waals surface area contributed by atoms with E-state index >= 15 is 0 Å². The second kappa shape index (κ2) is 7.20. The van der Waals surface area contributed by atoms with Crippen molar-refractivity contribution in [2.24, 2.45) is 5.92 Å². The first-order valence-corrected chi connectivity index (χ1v) is 6.89. The van der Waals surface area contributed by atoms with Crippen molar-refractivity contribution in [3.63, 3.8) is 0 Å². The lowest BCUT2D eigenvalue weighted by Gasteiger charge is -2.23. The van der Waals surface area contributed by atoms with Crippen LogP contribution in [-0.4, -0.2) is 23.9 Å². The van der Waals surface area contributed by atoms with Crippen molar-refractivity contribution in [1.82, 2.24) is 4.90 Å². The van der Waals surface area contributed by atoms with Gasteiger partial charge in [0.2, 0.25) is 5.91 Å². The fourth-order valence-corrected chi connectivity index (χ4v) is 2.14. The molecule has 0 aromatic heterocycles. The molecule has 0 N–H and O–H groups in total. The van der Waals surface area contributed by atoms with E-state index in [0.717, 1.165) is 25.9 Å². The molecule has 1 aromatic carbocycles. The summed E-state index contributed by atoms with van der Waals surface area (Å²) in [6.07, 6.45) is 2.09. The fraction of sp³-hybridized carbons (Fsp3) is 0.562. The van der Waals surface area contributed by atoms with E-state index in [1.54, 1.807) is 0 Å². The van der Waals surface area contributed by atoms with Gasteiger partial charge in [-0.15, -0.1) is 0 Å². The third-order valence-electron chi connectivity index (χ3n) is 3.32. The molecule has 2 heteroatoms. The number of rotatable bonds is 6. The lowest BCUT2D eigenvalue weighted by Crippen LogP contribution is -2.35. The number of carbonyl (C=O) groups is 1. The Morgan fingerprint density at radius 3 is 2.50 bits per heavy atom. The Labute approximate surface area is 111 Å². The summed E-state index contributed by atoms with van der Waals surface area (Å²) in [5.74, 6) is 0.366. The van der Waals surface area contributed by atoms with E-state index in [2.05, 4.69) is 31.2 Å². The average Bonchev–Trinajstić information content (AvgIpc) is 2.36. The molecule has 2 nitrogen and oxygen atoms in total. The monoisotopic (exact) mass is 247 g/mol. The highest BCUT2D eigenvalue weighted by atomic mass is 16.2. The quantitative estimate of drug-likeness (QED) is 0.754. The molecule has 0 bridgehead atoms. The highest BCUT2D eigenvalue weighted by Gasteiger charge is 2.14. The number of carbonyl (C=O) groups excluding carboxylic acids is 1. The summed E-state index contributed by atoms with van der Waals surface area (Å²) >= 11 is 0. The lowest BCUT2D eigenvalue weighted by atomic mass is 10.0. The van der Waals surface area contributed by atoms with Crippen LogP contribution in [0, 0.1) is 12.8 Å². The van der Waals surface area contributed by atoms with E-state index in [4.69, 9.17) is 0 Å². The average molecular weight is 247 g/mol. The molecule has 0 unspecified atom stereocenters. The fourth-order valence-electron chi connectivity index (χ4n) is 2.14. The lowest BCUT2D eigenvalue weighted by molar-refractivity contribution is -0.134. The Morgan fingerprint density at radius 2 is 1.94 bits per heavy atom. The zero-order valence-electron chi connectivity index (χ0n) is 12.1. The number of hydrogen-bond acceptors (Lipinski definition) is 1. The summed E-state index contributed by atoms with van der Waals surface area (Å²) in [6.45, 7) is 9.80. The minimum absolute atomic E-state index is 0.100. The second-order valence-electron chi connectivity index (χ2n) is 5.10. The smallest absolute Gasteiger partial charge is 0.225 e. The minimum Gasteiger partial charge on any atom is -0.343 e. The molecule has 18 heavy (non-hydrogen) atoms.